The molecule has 0 aromatic carbocycles. The molecule has 3 aromatic rings. The van der Waals surface area contributed by atoms with Crippen molar-refractivity contribution in [3.63, 3.8) is 0 Å². The zero-order valence-electron chi connectivity index (χ0n) is 13.7. The number of nitrogens with one attached hydrogen (secondary N) is 1. The number of rotatable bonds is 7. The molecule has 0 aliphatic heterocycles. The van der Waals surface area contributed by atoms with Crippen LogP contribution >= 0.6 is 22.7 Å². The molecule has 0 saturated heterocycles. The highest BCUT2D eigenvalue weighted by atomic mass is 32.1. The van der Waals surface area contributed by atoms with Crippen LogP contribution < -0.4 is 5.32 Å². The van der Waals surface area contributed by atoms with Crippen molar-refractivity contribution in [1.82, 2.24) is 19.9 Å². The highest BCUT2D eigenvalue weighted by Gasteiger charge is 2.19. The van der Waals surface area contributed by atoms with E-state index in [-0.39, 0.29) is 11.9 Å². The van der Waals surface area contributed by atoms with Gasteiger partial charge in [0, 0.05) is 36.7 Å². The Hall–Kier alpha value is -1.99. The first-order valence-electron chi connectivity index (χ1n) is 7.82. The van der Waals surface area contributed by atoms with Crippen molar-refractivity contribution in [2.45, 2.75) is 39.3 Å². The molecular formula is C17H20N4OS2. The summed E-state index contributed by atoms with van der Waals surface area (Å²) < 4.78 is 1.91. The number of thiazole rings is 1. The van der Waals surface area contributed by atoms with E-state index in [0.717, 1.165) is 17.1 Å². The van der Waals surface area contributed by atoms with Crippen LogP contribution in [0.15, 0.2) is 35.5 Å². The van der Waals surface area contributed by atoms with E-state index in [2.05, 4.69) is 39.0 Å². The normalized spacial score (nSPS) is 12.2. The Morgan fingerprint density at radius 1 is 1.42 bits per heavy atom. The quantitative estimate of drug-likeness (QED) is 0.701. The van der Waals surface area contributed by atoms with E-state index in [4.69, 9.17) is 0 Å². The predicted octanol–water partition coefficient (Wildman–Crippen LogP) is 3.51. The monoisotopic (exact) mass is 360 g/mol. The van der Waals surface area contributed by atoms with E-state index in [0.29, 0.717) is 13.0 Å². The lowest BCUT2D eigenvalue weighted by Crippen LogP contribution is -2.30. The number of aromatic nitrogens is 3. The van der Waals surface area contributed by atoms with Crippen molar-refractivity contribution in [2.24, 2.45) is 0 Å². The van der Waals surface area contributed by atoms with Gasteiger partial charge in [-0.3, -0.25) is 4.79 Å². The number of hydrogen-bond acceptors (Lipinski definition) is 5. The zero-order chi connectivity index (χ0) is 16.9. The van der Waals surface area contributed by atoms with Gasteiger partial charge >= 0.3 is 0 Å². The second-order valence-electron chi connectivity index (χ2n) is 5.70. The summed E-state index contributed by atoms with van der Waals surface area (Å²) >= 11 is 3.34. The second-order valence-corrected chi connectivity index (χ2v) is 7.71. The number of thiophene rings is 1. The number of carbonyl (C=O) groups excluding carboxylic acids is 1. The van der Waals surface area contributed by atoms with Crippen LogP contribution in [0.25, 0.3) is 0 Å². The Morgan fingerprint density at radius 3 is 2.92 bits per heavy atom. The summed E-state index contributed by atoms with van der Waals surface area (Å²) in [5, 5.41) is 8.32. The Bertz CT molecular complexity index is 758. The lowest BCUT2D eigenvalue weighted by Gasteiger charge is -2.16. The third kappa shape index (κ3) is 4.30. The Kier molecular flexibility index (Phi) is 5.42. The van der Waals surface area contributed by atoms with Crippen LogP contribution in [-0.4, -0.2) is 20.4 Å². The molecule has 1 atom stereocenters. The zero-order valence-corrected chi connectivity index (χ0v) is 15.4. The van der Waals surface area contributed by atoms with Crippen LogP contribution in [0.5, 0.6) is 0 Å². The molecule has 24 heavy (non-hydrogen) atoms. The number of imidazole rings is 1. The van der Waals surface area contributed by atoms with Crippen LogP contribution in [-0.2, 0) is 17.8 Å². The van der Waals surface area contributed by atoms with Crippen LogP contribution in [0, 0.1) is 13.8 Å². The number of aryl methyl sites for hydroxylation is 3. The van der Waals surface area contributed by atoms with Gasteiger partial charge in [-0.25, -0.2) is 9.97 Å². The number of carbonyl (C=O) groups is 1. The van der Waals surface area contributed by atoms with Crippen molar-refractivity contribution >= 4 is 28.6 Å². The third-order valence-electron chi connectivity index (χ3n) is 3.85. The highest BCUT2D eigenvalue weighted by Crippen LogP contribution is 2.26. The smallest absolute Gasteiger partial charge is 0.222 e. The fraction of sp³-hybridized carbons (Fsp3) is 0.353. The van der Waals surface area contributed by atoms with Gasteiger partial charge in [0.25, 0.3) is 0 Å². The summed E-state index contributed by atoms with van der Waals surface area (Å²) in [6.07, 6.45) is 6.51. The van der Waals surface area contributed by atoms with Crippen molar-refractivity contribution < 1.29 is 4.79 Å². The Morgan fingerprint density at radius 2 is 2.29 bits per heavy atom. The fourth-order valence-electron chi connectivity index (χ4n) is 2.41. The van der Waals surface area contributed by atoms with E-state index >= 15 is 0 Å². The van der Waals surface area contributed by atoms with Crippen LogP contribution in [0.2, 0.25) is 0 Å². The van der Waals surface area contributed by atoms with Gasteiger partial charge in [-0.2, -0.15) is 11.3 Å². The van der Waals surface area contributed by atoms with Gasteiger partial charge in [-0.15, -0.1) is 11.3 Å². The first kappa shape index (κ1) is 16.9. The Balaban J connectivity index is 1.68. The van der Waals surface area contributed by atoms with Crippen LogP contribution in [0.1, 0.15) is 33.6 Å². The van der Waals surface area contributed by atoms with Crippen molar-refractivity contribution in [3.05, 3.63) is 56.7 Å². The predicted molar refractivity (Wildman–Crippen MR) is 97.3 cm³/mol. The molecule has 1 amide bonds. The lowest BCUT2D eigenvalue weighted by molar-refractivity contribution is -0.122. The fourth-order valence-corrected chi connectivity index (χ4v) is 4.06. The van der Waals surface area contributed by atoms with Crippen molar-refractivity contribution in [2.75, 3.05) is 0 Å². The van der Waals surface area contributed by atoms with Gasteiger partial charge in [0.2, 0.25) is 5.91 Å². The molecule has 0 radical (unpaired) electrons. The molecule has 1 N–H and O–H groups in total. The minimum atomic E-state index is -0.0766. The van der Waals surface area contributed by atoms with E-state index in [1.54, 1.807) is 35.2 Å². The standard InChI is InChI=1S/C17H20N4OS2/c1-12-13(2)24-17(19-12)15(9-14-4-8-23-10-14)20-16(22)3-6-21-7-5-18-11-21/h4-5,7-8,10-11,15H,3,6,9H2,1-2H3,(H,20,22)/t15-/m0/s1. The van der Waals surface area contributed by atoms with Gasteiger partial charge in [0.15, 0.2) is 0 Å². The van der Waals surface area contributed by atoms with Gasteiger partial charge in [0.1, 0.15) is 5.01 Å². The first-order chi connectivity index (χ1) is 11.6. The third-order valence-corrected chi connectivity index (χ3v) is 5.77. The SMILES string of the molecule is Cc1nc([C@H](Cc2ccsc2)NC(=O)CCn2ccnc2)sc1C. The number of nitrogens with zero attached hydrogens (tertiary/aromatic N) is 3. The van der Waals surface area contributed by atoms with Crippen LogP contribution in [0.3, 0.4) is 0 Å². The summed E-state index contributed by atoms with van der Waals surface area (Å²) in [5.74, 6) is 0.0365. The summed E-state index contributed by atoms with van der Waals surface area (Å²) in [5.41, 5.74) is 2.27. The largest absolute Gasteiger partial charge is 0.346 e. The van der Waals surface area contributed by atoms with Gasteiger partial charge < -0.3 is 9.88 Å². The van der Waals surface area contributed by atoms with Gasteiger partial charge in [-0.05, 0) is 36.2 Å². The maximum atomic E-state index is 12.4. The molecule has 0 saturated carbocycles. The van der Waals surface area contributed by atoms with Gasteiger partial charge in [-0.1, -0.05) is 0 Å². The first-order valence-corrected chi connectivity index (χ1v) is 9.58. The number of amides is 1. The molecule has 3 heterocycles. The molecule has 5 nitrogen and oxygen atoms in total. The molecule has 0 aliphatic rings. The molecule has 126 valence electrons. The molecule has 0 aliphatic carbocycles. The summed E-state index contributed by atoms with van der Waals surface area (Å²) in [4.78, 5) is 22.2. The molecule has 0 spiro atoms. The average molecular weight is 361 g/mol. The van der Waals surface area contributed by atoms with E-state index < -0.39 is 0 Å². The summed E-state index contributed by atoms with van der Waals surface area (Å²) in [6.45, 7) is 4.71. The van der Waals surface area contributed by atoms with Crippen LogP contribution in [0.4, 0.5) is 0 Å². The molecular weight excluding hydrogens is 340 g/mol. The topological polar surface area (TPSA) is 59.8 Å². The number of hydrogen-bond donors (Lipinski definition) is 1. The van der Waals surface area contributed by atoms with Gasteiger partial charge in [0.05, 0.1) is 18.1 Å². The maximum Gasteiger partial charge on any atom is 0.222 e. The van der Waals surface area contributed by atoms with Crippen molar-refractivity contribution in [1.29, 1.82) is 0 Å². The molecule has 0 fully saturated rings. The lowest BCUT2D eigenvalue weighted by atomic mass is 10.1. The molecule has 3 rings (SSSR count). The summed E-state index contributed by atoms with van der Waals surface area (Å²) in [7, 11) is 0. The molecule has 0 unspecified atom stereocenters. The summed E-state index contributed by atoms with van der Waals surface area (Å²) in [6, 6.07) is 2.02. The molecule has 0 bridgehead atoms. The Labute approximate surface area is 149 Å². The average Bonchev–Trinajstić information content (AvgIpc) is 3.29. The maximum absolute atomic E-state index is 12.4. The molecule has 3 aromatic heterocycles. The van der Waals surface area contributed by atoms with E-state index in [9.17, 15) is 4.79 Å². The van der Waals surface area contributed by atoms with E-state index in [1.807, 2.05) is 17.7 Å². The second kappa shape index (κ2) is 7.72. The van der Waals surface area contributed by atoms with E-state index in [1.165, 1.54) is 10.4 Å². The molecule has 7 heteroatoms. The highest BCUT2D eigenvalue weighted by molar-refractivity contribution is 7.11. The minimum Gasteiger partial charge on any atom is -0.346 e. The minimum absolute atomic E-state index is 0.0365. The van der Waals surface area contributed by atoms with Crippen molar-refractivity contribution in [3.8, 4) is 0 Å².